The molecule has 1 fully saturated rings. The van der Waals surface area contributed by atoms with Gasteiger partial charge in [0.1, 0.15) is 5.75 Å². The summed E-state index contributed by atoms with van der Waals surface area (Å²) in [5, 5.41) is 9.70. The summed E-state index contributed by atoms with van der Waals surface area (Å²) in [5.74, 6) is 0.268. The Bertz CT molecular complexity index is 441. The number of benzene rings is 1. The second-order valence-electron chi connectivity index (χ2n) is 4.39. The molecule has 1 aromatic rings. The first-order valence-electron chi connectivity index (χ1n) is 5.58. The Morgan fingerprint density at radius 3 is 2.69 bits per heavy atom. The number of aliphatic imine (C=N–C) groups is 1. The van der Waals surface area contributed by atoms with Crippen molar-refractivity contribution in [3.63, 3.8) is 0 Å². The largest absolute Gasteiger partial charge is 0.508 e. The lowest BCUT2D eigenvalue weighted by Gasteiger charge is -2.25. The molecule has 0 spiro atoms. The van der Waals surface area contributed by atoms with E-state index in [0.717, 1.165) is 36.8 Å². The zero-order chi connectivity index (χ0) is 11.6. The lowest BCUT2D eigenvalue weighted by atomic mass is 9.85. The van der Waals surface area contributed by atoms with E-state index in [4.69, 9.17) is 0 Å². The van der Waals surface area contributed by atoms with E-state index in [1.807, 2.05) is 13.0 Å². The quantitative estimate of drug-likeness (QED) is 0.611. The van der Waals surface area contributed by atoms with Crippen LogP contribution in [0.4, 0.5) is 0 Å². The summed E-state index contributed by atoms with van der Waals surface area (Å²) in [6, 6.07) is 5.41. The Balaban J connectivity index is 2.55. The van der Waals surface area contributed by atoms with Crippen LogP contribution in [0.2, 0.25) is 0 Å². The number of hydrogen-bond acceptors (Lipinski definition) is 3. The zero-order valence-corrected chi connectivity index (χ0v) is 9.36. The maximum absolute atomic E-state index is 10.6. The highest BCUT2D eigenvalue weighted by Crippen LogP contribution is 2.44. The van der Waals surface area contributed by atoms with Crippen molar-refractivity contribution in [2.45, 2.75) is 38.1 Å². The summed E-state index contributed by atoms with van der Waals surface area (Å²) < 4.78 is 0. The SMILES string of the molecule is Cc1c(O)cccc1C1(N=C=O)CCCC1. The number of hydrogen-bond donors (Lipinski definition) is 1. The van der Waals surface area contributed by atoms with Crippen LogP contribution in [0.1, 0.15) is 36.8 Å². The molecule has 1 saturated carbocycles. The molecule has 0 aliphatic heterocycles. The number of rotatable bonds is 2. The van der Waals surface area contributed by atoms with Gasteiger partial charge >= 0.3 is 0 Å². The maximum atomic E-state index is 10.6. The molecule has 0 saturated heterocycles. The van der Waals surface area contributed by atoms with E-state index in [-0.39, 0.29) is 5.75 Å². The number of nitrogens with zero attached hydrogens (tertiary/aromatic N) is 1. The zero-order valence-electron chi connectivity index (χ0n) is 9.36. The fourth-order valence-electron chi connectivity index (χ4n) is 2.62. The topological polar surface area (TPSA) is 49.7 Å². The highest BCUT2D eigenvalue weighted by molar-refractivity contribution is 5.45. The molecule has 0 heterocycles. The smallest absolute Gasteiger partial charge is 0.235 e. The molecular formula is C13H15NO2. The van der Waals surface area contributed by atoms with Crippen LogP contribution < -0.4 is 0 Å². The van der Waals surface area contributed by atoms with E-state index < -0.39 is 5.54 Å². The Kier molecular flexibility index (Phi) is 2.80. The van der Waals surface area contributed by atoms with E-state index in [2.05, 4.69) is 4.99 Å². The minimum absolute atomic E-state index is 0.268. The molecule has 0 radical (unpaired) electrons. The molecule has 0 amide bonds. The molecule has 1 aliphatic rings. The highest BCUT2D eigenvalue weighted by atomic mass is 16.3. The van der Waals surface area contributed by atoms with Gasteiger partial charge in [-0.2, -0.15) is 4.99 Å². The first kappa shape index (κ1) is 10.9. The molecule has 0 bridgehead atoms. The van der Waals surface area contributed by atoms with Crippen molar-refractivity contribution >= 4 is 6.08 Å². The van der Waals surface area contributed by atoms with Crippen LogP contribution >= 0.6 is 0 Å². The average molecular weight is 217 g/mol. The predicted molar refractivity (Wildman–Crippen MR) is 61.1 cm³/mol. The summed E-state index contributed by atoms with van der Waals surface area (Å²) in [4.78, 5) is 14.6. The number of aromatic hydroxyl groups is 1. The molecule has 0 aromatic heterocycles. The molecule has 84 valence electrons. The van der Waals surface area contributed by atoms with Gasteiger partial charge in [-0.05, 0) is 37.0 Å². The molecule has 1 aliphatic carbocycles. The Hall–Kier alpha value is -1.60. The molecule has 3 nitrogen and oxygen atoms in total. The number of phenols is 1. The molecule has 0 atom stereocenters. The fourth-order valence-corrected chi connectivity index (χ4v) is 2.62. The van der Waals surface area contributed by atoms with Gasteiger partial charge in [0.05, 0.1) is 5.54 Å². The monoisotopic (exact) mass is 217 g/mol. The summed E-state index contributed by atoms with van der Waals surface area (Å²) in [6.07, 6.45) is 5.56. The minimum Gasteiger partial charge on any atom is -0.508 e. The van der Waals surface area contributed by atoms with Crippen molar-refractivity contribution in [2.75, 3.05) is 0 Å². The van der Waals surface area contributed by atoms with Gasteiger partial charge in [0.25, 0.3) is 0 Å². The van der Waals surface area contributed by atoms with Crippen LogP contribution in [-0.4, -0.2) is 11.2 Å². The molecule has 3 heteroatoms. The van der Waals surface area contributed by atoms with E-state index in [9.17, 15) is 9.90 Å². The second kappa shape index (κ2) is 4.11. The molecule has 16 heavy (non-hydrogen) atoms. The van der Waals surface area contributed by atoms with Gasteiger partial charge in [0.15, 0.2) is 0 Å². The van der Waals surface area contributed by atoms with Gasteiger partial charge in [-0.1, -0.05) is 25.0 Å². The molecule has 1 aromatic carbocycles. The van der Waals surface area contributed by atoms with Gasteiger partial charge in [-0.3, -0.25) is 0 Å². The summed E-state index contributed by atoms with van der Waals surface area (Å²) >= 11 is 0. The average Bonchev–Trinajstić information content (AvgIpc) is 2.72. The highest BCUT2D eigenvalue weighted by Gasteiger charge is 2.37. The number of isocyanates is 1. The predicted octanol–water partition coefficient (Wildman–Crippen LogP) is 2.81. The van der Waals surface area contributed by atoms with E-state index in [0.29, 0.717) is 0 Å². The fraction of sp³-hybridized carbons (Fsp3) is 0.462. The summed E-state index contributed by atoms with van der Waals surface area (Å²) in [5.41, 5.74) is 1.35. The standard InChI is InChI=1S/C13H15NO2/c1-10-11(5-4-6-12(10)16)13(14-9-15)7-2-3-8-13/h4-6,16H,2-3,7-8H2,1H3. The van der Waals surface area contributed by atoms with Gasteiger partial charge in [0.2, 0.25) is 6.08 Å². The van der Waals surface area contributed by atoms with Crippen molar-refractivity contribution in [3.8, 4) is 5.75 Å². The van der Waals surface area contributed by atoms with Crippen molar-refractivity contribution in [2.24, 2.45) is 4.99 Å². The molecular weight excluding hydrogens is 202 g/mol. The summed E-state index contributed by atoms with van der Waals surface area (Å²) in [7, 11) is 0. The first-order chi connectivity index (χ1) is 7.69. The Morgan fingerprint density at radius 2 is 2.06 bits per heavy atom. The van der Waals surface area contributed by atoms with Crippen LogP contribution in [0.3, 0.4) is 0 Å². The molecule has 1 N–H and O–H groups in total. The number of carbonyl (C=O) groups excluding carboxylic acids is 1. The molecule has 2 rings (SSSR count). The van der Waals surface area contributed by atoms with Crippen LogP contribution in [0.25, 0.3) is 0 Å². The van der Waals surface area contributed by atoms with Crippen LogP contribution in [0, 0.1) is 6.92 Å². The van der Waals surface area contributed by atoms with E-state index in [1.54, 1.807) is 18.2 Å². The lowest BCUT2D eigenvalue weighted by molar-refractivity contribution is 0.438. The van der Waals surface area contributed by atoms with Crippen LogP contribution in [-0.2, 0) is 10.3 Å². The summed E-state index contributed by atoms with van der Waals surface area (Å²) in [6.45, 7) is 1.87. The van der Waals surface area contributed by atoms with E-state index >= 15 is 0 Å². The third kappa shape index (κ3) is 1.63. The van der Waals surface area contributed by atoms with E-state index in [1.165, 1.54) is 0 Å². The minimum atomic E-state index is -0.440. The normalized spacial score (nSPS) is 18.1. The third-order valence-corrected chi connectivity index (χ3v) is 3.50. The third-order valence-electron chi connectivity index (χ3n) is 3.50. The Morgan fingerprint density at radius 1 is 1.38 bits per heavy atom. The van der Waals surface area contributed by atoms with Gasteiger partial charge in [-0.25, -0.2) is 4.79 Å². The Labute approximate surface area is 94.8 Å². The second-order valence-corrected chi connectivity index (χ2v) is 4.39. The van der Waals surface area contributed by atoms with Crippen molar-refractivity contribution in [1.29, 1.82) is 0 Å². The van der Waals surface area contributed by atoms with Crippen LogP contribution in [0.5, 0.6) is 5.75 Å². The van der Waals surface area contributed by atoms with Crippen molar-refractivity contribution in [3.05, 3.63) is 29.3 Å². The van der Waals surface area contributed by atoms with Crippen LogP contribution in [0.15, 0.2) is 23.2 Å². The van der Waals surface area contributed by atoms with Gasteiger partial charge in [-0.15, -0.1) is 0 Å². The first-order valence-corrected chi connectivity index (χ1v) is 5.58. The van der Waals surface area contributed by atoms with Gasteiger partial charge in [0, 0.05) is 0 Å². The molecule has 0 unspecified atom stereocenters. The van der Waals surface area contributed by atoms with Crippen molar-refractivity contribution in [1.82, 2.24) is 0 Å². The lowest BCUT2D eigenvalue weighted by Crippen LogP contribution is -2.20. The van der Waals surface area contributed by atoms with Crippen molar-refractivity contribution < 1.29 is 9.90 Å². The maximum Gasteiger partial charge on any atom is 0.235 e. The number of phenolic OH excluding ortho intramolecular Hbond substituents is 1. The van der Waals surface area contributed by atoms with Gasteiger partial charge < -0.3 is 5.11 Å².